The molecule has 0 aromatic rings. The molecule has 0 aromatic carbocycles. The van der Waals surface area contributed by atoms with Gasteiger partial charge in [-0.15, -0.1) is 0 Å². The molecule has 1 aliphatic heterocycles. The van der Waals surface area contributed by atoms with Gasteiger partial charge in [0.25, 0.3) is 0 Å². The van der Waals surface area contributed by atoms with Gasteiger partial charge in [-0.2, -0.15) is 0 Å². The summed E-state index contributed by atoms with van der Waals surface area (Å²) in [6.07, 6.45) is 4.07. The van der Waals surface area contributed by atoms with Gasteiger partial charge in [-0.05, 0) is 42.9 Å². The van der Waals surface area contributed by atoms with Crippen LogP contribution in [0.5, 0.6) is 0 Å². The van der Waals surface area contributed by atoms with Gasteiger partial charge in [-0.3, -0.25) is 14.4 Å². The predicted molar refractivity (Wildman–Crippen MR) is 97.3 cm³/mol. The molecule has 1 saturated heterocycles. The van der Waals surface area contributed by atoms with Gasteiger partial charge in [0.2, 0.25) is 12.6 Å². The lowest BCUT2D eigenvalue weighted by Gasteiger charge is -2.49. The molecule has 27 heavy (non-hydrogen) atoms. The molecule has 3 aliphatic rings. The Morgan fingerprint density at radius 1 is 1.00 bits per heavy atom. The fourth-order valence-electron chi connectivity index (χ4n) is 5.86. The van der Waals surface area contributed by atoms with Gasteiger partial charge in [-0.1, -0.05) is 27.2 Å². The van der Waals surface area contributed by atoms with E-state index in [9.17, 15) is 14.4 Å². The molecule has 0 spiro atoms. The van der Waals surface area contributed by atoms with Gasteiger partial charge >= 0.3 is 11.9 Å². The number of ether oxygens (including phenoxy) is 3. The highest BCUT2D eigenvalue weighted by atomic mass is 16.8. The molecule has 6 heteroatoms. The lowest BCUT2D eigenvalue weighted by atomic mass is 9.55. The molecule has 3 fully saturated rings. The molecule has 6 atom stereocenters. The van der Waals surface area contributed by atoms with E-state index in [4.69, 9.17) is 14.2 Å². The zero-order valence-electron chi connectivity index (χ0n) is 17.1. The Morgan fingerprint density at radius 2 is 1.63 bits per heavy atom. The molecule has 1 heterocycles. The minimum absolute atomic E-state index is 0.0515. The van der Waals surface area contributed by atoms with E-state index >= 15 is 0 Å². The fraction of sp³-hybridized carbons (Fsp3) is 0.857. The molecule has 0 radical (unpaired) electrons. The van der Waals surface area contributed by atoms with Crippen LogP contribution in [0.2, 0.25) is 0 Å². The van der Waals surface area contributed by atoms with Crippen molar-refractivity contribution in [3.8, 4) is 0 Å². The minimum Gasteiger partial charge on any atom is -0.435 e. The van der Waals surface area contributed by atoms with Crippen LogP contribution < -0.4 is 0 Å². The Labute approximate surface area is 161 Å². The van der Waals surface area contributed by atoms with Crippen molar-refractivity contribution in [1.82, 2.24) is 0 Å². The summed E-state index contributed by atoms with van der Waals surface area (Å²) < 4.78 is 16.3. The van der Waals surface area contributed by atoms with Crippen LogP contribution in [-0.2, 0) is 28.6 Å². The van der Waals surface area contributed by atoms with Crippen LogP contribution in [0, 0.1) is 28.6 Å². The number of Topliss-reactive ketones (excluding diaryl/α,β-unsaturated/α-hetero) is 1. The molecule has 0 aromatic heterocycles. The second-order valence-electron chi connectivity index (χ2n) is 9.66. The van der Waals surface area contributed by atoms with Gasteiger partial charge in [0.05, 0.1) is 5.92 Å². The van der Waals surface area contributed by atoms with Gasteiger partial charge in [0, 0.05) is 25.7 Å². The predicted octanol–water partition coefficient (Wildman–Crippen LogP) is 3.61. The number of carbonyl (C=O) groups excluding carboxylic acids is 3. The summed E-state index contributed by atoms with van der Waals surface area (Å²) in [7, 11) is 0. The first-order chi connectivity index (χ1) is 12.5. The van der Waals surface area contributed by atoms with E-state index in [1.54, 1.807) is 0 Å². The first kappa shape index (κ1) is 20.3. The van der Waals surface area contributed by atoms with Crippen LogP contribution in [0.3, 0.4) is 0 Å². The smallest absolute Gasteiger partial charge is 0.304 e. The van der Waals surface area contributed by atoms with Gasteiger partial charge in [-0.25, -0.2) is 0 Å². The molecule has 152 valence electrons. The largest absolute Gasteiger partial charge is 0.435 e. The average molecular weight is 380 g/mol. The monoisotopic (exact) mass is 380 g/mol. The summed E-state index contributed by atoms with van der Waals surface area (Å²) in [5, 5.41) is 0. The molecule has 0 N–H and O–H groups in total. The summed E-state index contributed by atoms with van der Waals surface area (Å²) in [4.78, 5) is 36.5. The average Bonchev–Trinajstić information content (AvgIpc) is 2.83. The topological polar surface area (TPSA) is 78.9 Å². The Morgan fingerprint density at radius 3 is 2.22 bits per heavy atom. The zero-order valence-corrected chi connectivity index (χ0v) is 17.1. The summed E-state index contributed by atoms with van der Waals surface area (Å²) in [6, 6.07) is 0. The van der Waals surface area contributed by atoms with E-state index < -0.39 is 30.4 Å². The van der Waals surface area contributed by atoms with E-state index in [0.29, 0.717) is 0 Å². The van der Waals surface area contributed by atoms with Crippen molar-refractivity contribution in [3.05, 3.63) is 0 Å². The van der Waals surface area contributed by atoms with Gasteiger partial charge < -0.3 is 14.2 Å². The van der Waals surface area contributed by atoms with Crippen LogP contribution in [0.1, 0.15) is 73.1 Å². The summed E-state index contributed by atoms with van der Waals surface area (Å²) >= 11 is 0. The first-order valence-electron chi connectivity index (χ1n) is 10.1. The van der Waals surface area contributed by atoms with E-state index in [0.717, 1.165) is 32.1 Å². The Balaban J connectivity index is 1.84. The highest BCUT2D eigenvalue weighted by molar-refractivity contribution is 5.86. The molecule has 2 aliphatic carbocycles. The second kappa shape index (κ2) is 7.19. The Kier molecular flexibility index (Phi) is 5.41. The lowest BCUT2D eigenvalue weighted by molar-refractivity contribution is -0.214. The maximum atomic E-state index is 13.5. The SMILES string of the molecule is CC(=O)O[C@@H]1O[C@H](OC(C)=O)[C@H]2C(=O)[C@@H]([C@@]3(C)CCCC(C)(C)C3)CC[C@@H]12. The lowest BCUT2D eigenvalue weighted by Crippen LogP contribution is -2.48. The van der Waals surface area contributed by atoms with E-state index in [-0.39, 0.29) is 28.4 Å². The molecule has 6 nitrogen and oxygen atoms in total. The van der Waals surface area contributed by atoms with Crippen LogP contribution in [0.25, 0.3) is 0 Å². The number of hydrogen-bond donors (Lipinski definition) is 0. The number of ketones is 1. The quantitative estimate of drug-likeness (QED) is 0.696. The summed E-state index contributed by atoms with van der Waals surface area (Å²) in [5.74, 6) is -1.73. The molecular formula is C21H32O6. The maximum Gasteiger partial charge on any atom is 0.304 e. The number of hydrogen-bond acceptors (Lipinski definition) is 6. The van der Waals surface area contributed by atoms with Crippen molar-refractivity contribution >= 4 is 17.7 Å². The van der Waals surface area contributed by atoms with Crippen molar-refractivity contribution < 1.29 is 28.6 Å². The Hall–Kier alpha value is -1.43. The number of carbonyl (C=O) groups is 3. The van der Waals surface area contributed by atoms with Crippen molar-refractivity contribution in [2.45, 2.75) is 85.7 Å². The summed E-state index contributed by atoms with van der Waals surface area (Å²) in [5.41, 5.74) is 0.177. The highest BCUT2D eigenvalue weighted by Gasteiger charge is 2.58. The standard InChI is InChI=1S/C21H32O6/c1-12(22)25-18-14-7-8-15(21(5)10-6-9-20(3,4)11-21)17(24)16(14)19(27-18)26-13(2)23/h14-16,18-19H,6-11H2,1-5H3/t14-,15+,16-,18-,19+,21+/m1/s1. The van der Waals surface area contributed by atoms with Crippen LogP contribution in [0.15, 0.2) is 0 Å². The maximum absolute atomic E-state index is 13.5. The van der Waals surface area contributed by atoms with E-state index in [1.165, 1.54) is 20.3 Å². The molecule has 2 saturated carbocycles. The van der Waals surface area contributed by atoms with Crippen LogP contribution in [0.4, 0.5) is 0 Å². The molecular weight excluding hydrogens is 348 g/mol. The number of fused-ring (bicyclic) bond motifs is 1. The molecule has 3 rings (SSSR count). The van der Waals surface area contributed by atoms with Gasteiger partial charge in [0.1, 0.15) is 5.78 Å². The first-order valence-corrected chi connectivity index (χ1v) is 10.1. The molecule has 0 unspecified atom stereocenters. The molecule has 0 amide bonds. The summed E-state index contributed by atoms with van der Waals surface area (Å²) in [6.45, 7) is 9.40. The molecule has 0 bridgehead atoms. The third-order valence-electron chi connectivity index (χ3n) is 6.72. The normalized spacial score (nSPS) is 40.9. The van der Waals surface area contributed by atoms with Gasteiger partial charge in [0.15, 0.2) is 0 Å². The van der Waals surface area contributed by atoms with E-state index in [2.05, 4.69) is 20.8 Å². The van der Waals surface area contributed by atoms with Crippen LogP contribution >= 0.6 is 0 Å². The third-order valence-corrected chi connectivity index (χ3v) is 6.72. The third kappa shape index (κ3) is 4.05. The number of rotatable bonds is 3. The van der Waals surface area contributed by atoms with Crippen molar-refractivity contribution in [1.29, 1.82) is 0 Å². The van der Waals surface area contributed by atoms with Crippen molar-refractivity contribution in [2.75, 3.05) is 0 Å². The zero-order chi connectivity index (χ0) is 20.0. The van der Waals surface area contributed by atoms with E-state index in [1.807, 2.05) is 0 Å². The van der Waals surface area contributed by atoms with Crippen molar-refractivity contribution in [2.24, 2.45) is 28.6 Å². The minimum atomic E-state index is -0.965. The number of esters is 2. The fourth-order valence-corrected chi connectivity index (χ4v) is 5.86. The van der Waals surface area contributed by atoms with Crippen LogP contribution in [-0.4, -0.2) is 30.3 Å². The Bertz CT molecular complexity index is 626. The second-order valence-corrected chi connectivity index (χ2v) is 9.66. The highest BCUT2D eigenvalue weighted by Crippen LogP contribution is 2.55. The van der Waals surface area contributed by atoms with Crippen molar-refractivity contribution in [3.63, 3.8) is 0 Å².